The SMILES string of the molecule is CCCc1ccc(S(=O)(=O)N/N=C/c2cc(OC)c(O)c(OC)c2)cc1. The maximum Gasteiger partial charge on any atom is 0.276 e. The van der Waals surface area contributed by atoms with Crippen molar-refractivity contribution in [2.75, 3.05) is 14.2 Å². The molecule has 0 fully saturated rings. The summed E-state index contributed by atoms with van der Waals surface area (Å²) >= 11 is 0. The van der Waals surface area contributed by atoms with Crippen LogP contribution in [0.1, 0.15) is 24.5 Å². The van der Waals surface area contributed by atoms with Gasteiger partial charge >= 0.3 is 0 Å². The van der Waals surface area contributed by atoms with Crippen LogP contribution in [0.4, 0.5) is 0 Å². The first-order chi connectivity index (χ1) is 12.4. The lowest BCUT2D eigenvalue weighted by Gasteiger charge is -2.09. The highest BCUT2D eigenvalue weighted by atomic mass is 32.2. The van der Waals surface area contributed by atoms with Gasteiger partial charge in [-0.15, -0.1) is 0 Å². The van der Waals surface area contributed by atoms with Gasteiger partial charge in [0, 0.05) is 5.56 Å². The van der Waals surface area contributed by atoms with Gasteiger partial charge < -0.3 is 14.6 Å². The van der Waals surface area contributed by atoms with Crippen molar-refractivity contribution >= 4 is 16.2 Å². The molecule has 0 aliphatic heterocycles. The standard InChI is InChI=1S/C18H22N2O5S/c1-4-5-13-6-8-15(9-7-13)26(22,23)20-19-12-14-10-16(24-2)18(21)17(11-14)25-3/h6-12,20-21H,4-5H2,1-3H3/b19-12+. The number of nitrogens with zero attached hydrogens (tertiary/aromatic N) is 1. The summed E-state index contributed by atoms with van der Waals surface area (Å²) in [7, 11) is -0.955. The maximum absolute atomic E-state index is 12.3. The van der Waals surface area contributed by atoms with Gasteiger partial charge in [-0.3, -0.25) is 0 Å². The molecule has 0 amide bonds. The zero-order chi connectivity index (χ0) is 19.2. The van der Waals surface area contributed by atoms with Gasteiger partial charge in [0.2, 0.25) is 5.75 Å². The average molecular weight is 378 g/mol. The number of benzene rings is 2. The molecule has 0 bridgehead atoms. The molecule has 7 nitrogen and oxygen atoms in total. The predicted octanol–water partition coefficient (Wildman–Crippen LogP) is 2.67. The second-order valence-electron chi connectivity index (χ2n) is 5.52. The van der Waals surface area contributed by atoms with E-state index in [1.165, 1.54) is 32.6 Å². The monoisotopic (exact) mass is 378 g/mol. The van der Waals surface area contributed by atoms with Crippen molar-refractivity contribution in [3.63, 3.8) is 0 Å². The van der Waals surface area contributed by atoms with Crippen LogP contribution in [0.15, 0.2) is 46.4 Å². The Kier molecular flexibility index (Phi) is 6.46. The molecule has 0 spiro atoms. The van der Waals surface area contributed by atoms with E-state index in [0.717, 1.165) is 18.4 Å². The minimum Gasteiger partial charge on any atom is -0.502 e. The number of nitrogens with one attached hydrogen (secondary N) is 1. The van der Waals surface area contributed by atoms with Crippen LogP contribution >= 0.6 is 0 Å². The zero-order valence-electron chi connectivity index (χ0n) is 14.9. The minimum atomic E-state index is -3.76. The molecule has 2 aromatic rings. The molecule has 2 N–H and O–H groups in total. The van der Waals surface area contributed by atoms with Crippen molar-refractivity contribution in [2.24, 2.45) is 5.10 Å². The summed E-state index contributed by atoms with van der Waals surface area (Å²) in [4.78, 5) is 2.30. The van der Waals surface area contributed by atoms with Crippen molar-refractivity contribution in [3.8, 4) is 17.2 Å². The highest BCUT2D eigenvalue weighted by Gasteiger charge is 2.13. The van der Waals surface area contributed by atoms with Gasteiger partial charge in [-0.2, -0.15) is 13.5 Å². The van der Waals surface area contributed by atoms with E-state index in [1.54, 1.807) is 24.3 Å². The van der Waals surface area contributed by atoms with Crippen molar-refractivity contribution < 1.29 is 23.0 Å². The number of hydrazone groups is 1. The molecule has 0 aliphatic carbocycles. The molecule has 0 heterocycles. The second-order valence-corrected chi connectivity index (χ2v) is 7.18. The summed E-state index contributed by atoms with van der Waals surface area (Å²) < 4.78 is 34.6. The fraction of sp³-hybridized carbons (Fsp3) is 0.278. The number of hydrogen-bond donors (Lipinski definition) is 2. The van der Waals surface area contributed by atoms with Crippen LogP contribution < -0.4 is 14.3 Å². The van der Waals surface area contributed by atoms with Crippen LogP contribution in [-0.4, -0.2) is 34.0 Å². The van der Waals surface area contributed by atoms with Gasteiger partial charge in [-0.25, -0.2) is 4.83 Å². The number of sulfonamides is 1. The maximum atomic E-state index is 12.3. The number of hydrogen-bond acceptors (Lipinski definition) is 6. The second kappa shape index (κ2) is 8.57. The lowest BCUT2D eigenvalue weighted by Crippen LogP contribution is -2.18. The summed E-state index contributed by atoms with van der Waals surface area (Å²) in [6.45, 7) is 2.06. The molecule has 0 atom stereocenters. The molecule has 2 aromatic carbocycles. The lowest BCUT2D eigenvalue weighted by molar-refractivity contribution is 0.340. The van der Waals surface area contributed by atoms with E-state index in [4.69, 9.17) is 9.47 Å². The molecular formula is C18H22N2O5S. The number of ether oxygens (including phenoxy) is 2. The van der Waals surface area contributed by atoms with E-state index in [2.05, 4.69) is 16.9 Å². The third-order valence-corrected chi connectivity index (χ3v) is 4.90. The van der Waals surface area contributed by atoms with Gasteiger partial charge in [0.25, 0.3) is 10.0 Å². The summed E-state index contributed by atoms with van der Waals surface area (Å²) in [5.41, 5.74) is 1.58. The quantitative estimate of drug-likeness (QED) is 0.544. The predicted molar refractivity (Wildman–Crippen MR) is 99.6 cm³/mol. The van der Waals surface area contributed by atoms with Crippen molar-refractivity contribution in [2.45, 2.75) is 24.7 Å². The van der Waals surface area contributed by atoms with Gasteiger partial charge in [-0.05, 0) is 36.2 Å². The molecule has 2 rings (SSSR count). The molecule has 26 heavy (non-hydrogen) atoms. The third kappa shape index (κ3) is 4.66. The third-order valence-electron chi connectivity index (χ3n) is 3.66. The molecule has 0 saturated heterocycles. The van der Waals surface area contributed by atoms with Gasteiger partial charge in [0.05, 0.1) is 25.3 Å². The molecule has 0 saturated carbocycles. The lowest BCUT2D eigenvalue weighted by atomic mass is 10.1. The molecule has 0 aliphatic rings. The molecule has 0 radical (unpaired) electrons. The smallest absolute Gasteiger partial charge is 0.276 e. The number of aryl methyl sites for hydroxylation is 1. The van der Waals surface area contributed by atoms with Gasteiger partial charge in [-0.1, -0.05) is 25.5 Å². The minimum absolute atomic E-state index is 0.135. The fourth-order valence-corrected chi connectivity index (χ4v) is 3.13. The fourth-order valence-electron chi connectivity index (χ4n) is 2.34. The Morgan fingerprint density at radius 3 is 2.19 bits per heavy atom. The first-order valence-electron chi connectivity index (χ1n) is 8.00. The molecule has 0 aromatic heterocycles. The van der Waals surface area contributed by atoms with E-state index in [9.17, 15) is 13.5 Å². The van der Waals surface area contributed by atoms with Crippen LogP contribution in [0.5, 0.6) is 17.2 Å². The topological polar surface area (TPSA) is 97.2 Å². The summed E-state index contributed by atoms with van der Waals surface area (Å²) in [5.74, 6) is 0.250. The van der Waals surface area contributed by atoms with Crippen LogP contribution in [0.3, 0.4) is 0 Å². The van der Waals surface area contributed by atoms with E-state index in [0.29, 0.717) is 5.56 Å². The number of phenolic OH excluding ortho intramolecular Hbond substituents is 1. The number of phenols is 1. The molecular weight excluding hydrogens is 356 g/mol. The Balaban J connectivity index is 2.16. The van der Waals surface area contributed by atoms with Gasteiger partial charge in [0.1, 0.15) is 0 Å². The average Bonchev–Trinajstić information content (AvgIpc) is 2.63. The van der Waals surface area contributed by atoms with Gasteiger partial charge in [0.15, 0.2) is 11.5 Å². The Morgan fingerprint density at radius 1 is 1.12 bits per heavy atom. The van der Waals surface area contributed by atoms with Crippen molar-refractivity contribution in [1.82, 2.24) is 4.83 Å². The normalized spacial score (nSPS) is 11.5. The van der Waals surface area contributed by atoms with E-state index in [-0.39, 0.29) is 22.1 Å². The highest BCUT2D eigenvalue weighted by Crippen LogP contribution is 2.36. The van der Waals surface area contributed by atoms with Crippen LogP contribution in [0, 0.1) is 0 Å². The first-order valence-corrected chi connectivity index (χ1v) is 9.48. The Morgan fingerprint density at radius 2 is 1.69 bits per heavy atom. The van der Waals surface area contributed by atoms with E-state index < -0.39 is 10.0 Å². The highest BCUT2D eigenvalue weighted by molar-refractivity contribution is 7.89. The first kappa shape index (κ1) is 19.6. The number of rotatable bonds is 8. The largest absolute Gasteiger partial charge is 0.502 e. The Labute approximate surface area is 153 Å². The number of methoxy groups -OCH3 is 2. The molecule has 8 heteroatoms. The molecule has 140 valence electrons. The Hall–Kier alpha value is -2.74. The van der Waals surface area contributed by atoms with Crippen LogP contribution in [0.25, 0.3) is 0 Å². The Bertz CT molecular complexity index is 852. The number of aromatic hydroxyl groups is 1. The zero-order valence-corrected chi connectivity index (χ0v) is 15.7. The summed E-state index contributed by atoms with van der Waals surface area (Å²) in [6.07, 6.45) is 3.19. The van der Waals surface area contributed by atoms with Crippen LogP contribution in [-0.2, 0) is 16.4 Å². The summed E-state index contributed by atoms with van der Waals surface area (Å²) in [6, 6.07) is 9.70. The van der Waals surface area contributed by atoms with E-state index in [1.807, 2.05) is 0 Å². The van der Waals surface area contributed by atoms with Crippen molar-refractivity contribution in [1.29, 1.82) is 0 Å². The summed E-state index contributed by atoms with van der Waals surface area (Å²) in [5, 5.41) is 13.6. The van der Waals surface area contributed by atoms with Crippen LogP contribution in [0.2, 0.25) is 0 Å². The van der Waals surface area contributed by atoms with E-state index >= 15 is 0 Å². The van der Waals surface area contributed by atoms with Crippen molar-refractivity contribution in [3.05, 3.63) is 47.5 Å². The molecule has 0 unspecified atom stereocenters.